The number of H-pyrrole nitrogens is 1. The number of nitrogens with zero attached hydrogens (tertiary/aromatic N) is 3. The molecule has 3 rings (SSSR count). The fourth-order valence-corrected chi connectivity index (χ4v) is 3.63. The maximum atomic E-state index is 12.2. The summed E-state index contributed by atoms with van der Waals surface area (Å²) in [5, 5.41) is 7.29. The SMILES string of the molecule is COC(=O)C1CC(=O)N(c2cc(C3CCN(C(=O)OC(C)(C)C)CC3)[nH]n2)C1. The molecule has 2 amide bonds. The summed E-state index contributed by atoms with van der Waals surface area (Å²) in [7, 11) is 1.33. The molecule has 2 saturated heterocycles. The summed E-state index contributed by atoms with van der Waals surface area (Å²) in [4.78, 5) is 39.4. The molecule has 0 radical (unpaired) electrons. The van der Waals surface area contributed by atoms with Crippen LogP contribution in [0.1, 0.15) is 51.6 Å². The van der Waals surface area contributed by atoms with Gasteiger partial charge < -0.3 is 14.4 Å². The highest BCUT2D eigenvalue weighted by molar-refractivity contribution is 5.98. The van der Waals surface area contributed by atoms with Crippen LogP contribution in [0, 0.1) is 5.92 Å². The lowest BCUT2D eigenvalue weighted by Crippen LogP contribution is -2.41. The number of nitrogens with one attached hydrogen (secondary N) is 1. The minimum Gasteiger partial charge on any atom is -0.469 e. The van der Waals surface area contributed by atoms with Crippen molar-refractivity contribution >= 4 is 23.8 Å². The molecular formula is C19H28N4O5. The van der Waals surface area contributed by atoms with Crippen LogP contribution < -0.4 is 4.90 Å². The number of ether oxygens (including phenoxy) is 2. The van der Waals surface area contributed by atoms with Crippen LogP contribution in [0.5, 0.6) is 0 Å². The zero-order valence-electron chi connectivity index (χ0n) is 16.9. The van der Waals surface area contributed by atoms with Gasteiger partial charge in [0.2, 0.25) is 5.91 Å². The predicted octanol–water partition coefficient (Wildman–Crippen LogP) is 2.05. The molecule has 0 bridgehead atoms. The van der Waals surface area contributed by atoms with Crippen LogP contribution >= 0.6 is 0 Å². The fraction of sp³-hybridized carbons (Fsp3) is 0.684. The number of methoxy groups -OCH3 is 1. The predicted molar refractivity (Wildman–Crippen MR) is 101 cm³/mol. The molecule has 0 spiro atoms. The third-order valence-electron chi connectivity index (χ3n) is 5.11. The first kappa shape index (κ1) is 20.2. The normalized spacial score (nSPS) is 21.1. The average molecular weight is 392 g/mol. The fourth-order valence-electron chi connectivity index (χ4n) is 3.63. The Bertz CT molecular complexity index is 746. The number of esters is 1. The van der Waals surface area contributed by atoms with E-state index in [0.29, 0.717) is 18.9 Å². The van der Waals surface area contributed by atoms with Crippen LogP contribution in [0.2, 0.25) is 0 Å². The van der Waals surface area contributed by atoms with Crippen molar-refractivity contribution in [1.29, 1.82) is 0 Å². The van der Waals surface area contributed by atoms with E-state index in [0.717, 1.165) is 18.5 Å². The van der Waals surface area contributed by atoms with E-state index in [1.807, 2.05) is 26.8 Å². The molecule has 154 valence electrons. The van der Waals surface area contributed by atoms with Gasteiger partial charge in [-0.15, -0.1) is 0 Å². The van der Waals surface area contributed by atoms with Crippen molar-refractivity contribution in [3.05, 3.63) is 11.8 Å². The number of amides is 2. The van der Waals surface area contributed by atoms with Gasteiger partial charge in [-0.1, -0.05) is 0 Å². The Morgan fingerprint density at radius 2 is 1.93 bits per heavy atom. The number of carbonyl (C=O) groups is 3. The molecule has 2 aliphatic heterocycles. The zero-order valence-corrected chi connectivity index (χ0v) is 16.9. The molecule has 1 atom stereocenters. The van der Waals surface area contributed by atoms with Crippen molar-refractivity contribution in [2.75, 3.05) is 31.6 Å². The van der Waals surface area contributed by atoms with Crippen molar-refractivity contribution in [1.82, 2.24) is 15.1 Å². The summed E-state index contributed by atoms with van der Waals surface area (Å²) < 4.78 is 10.2. The number of anilines is 1. The van der Waals surface area contributed by atoms with E-state index < -0.39 is 11.5 Å². The summed E-state index contributed by atoms with van der Waals surface area (Å²) in [5.41, 5.74) is 0.435. The number of likely N-dealkylation sites (tertiary alicyclic amines) is 1. The largest absolute Gasteiger partial charge is 0.469 e. The topological polar surface area (TPSA) is 105 Å². The summed E-state index contributed by atoms with van der Waals surface area (Å²) in [6, 6.07) is 1.87. The maximum absolute atomic E-state index is 12.2. The third-order valence-corrected chi connectivity index (χ3v) is 5.11. The molecule has 0 aliphatic carbocycles. The first-order valence-corrected chi connectivity index (χ1v) is 9.59. The van der Waals surface area contributed by atoms with E-state index in [4.69, 9.17) is 9.47 Å². The number of piperidine rings is 1. The average Bonchev–Trinajstić information content (AvgIpc) is 3.26. The number of aromatic amines is 1. The smallest absolute Gasteiger partial charge is 0.410 e. The molecule has 2 aliphatic rings. The Hall–Kier alpha value is -2.58. The lowest BCUT2D eigenvalue weighted by Gasteiger charge is -2.33. The van der Waals surface area contributed by atoms with Gasteiger partial charge in [-0.05, 0) is 33.6 Å². The van der Waals surface area contributed by atoms with Gasteiger partial charge in [-0.2, -0.15) is 5.10 Å². The van der Waals surface area contributed by atoms with Crippen LogP contribution in [0.4, 0.5) is 10.6 Å². The molecule has 9 heteroatoms. The molecule has 28 heavy (non-hydrogen) atoms. The molecule has 1 N–H and O–H groups in total. The lowest BCUT2D eigenvalue weighted by atomic mass is 9.94. The molecule has 1 aromatic rings. The molecule has 0 aromatic carbocycles. The molecule has 1 unspecified atom stereocenters. The van der Waals surface area contributed by atoms with Crippen LogP contribution in [0.15, 0.2) is 6.07 Å². The van der Waals surface area contributed by atoms with Crippen LogP contribution in [0.25, 0.3) is 0 Å². The second-order valence-electron chi connectivity index (χ2n) is 8.35. The van der Waals surface area contributed by atoms with E-state index in [1.165, 1.54) is 12.0 Å². The van der Waals surface area contributed by atoms with Gasteiger partial charge in [0.1, 0.15) is 5.60 Å². The Balaban J connectivity index is 1.58. The molecule has 9 nitrogen and oxygen atoms in total. The summed E-state index contributed by atoms with van der Waals surface area (Å²) in [5.74, 6) is -0.195. The third kappa shape index (κ3) is 4.45. The van der Waals surface area contributed by atoms with Crippen molar-refractivity contribution in [3.8, 4) is 0 Å². The summed E-state index contributed by atoms with van der Waals surface area (Å²) in [6.45, 7) is 7.07. The molecule has 3 heterocycles. The number of aromatic nitrogens is 2. The van der Waals surface area contributed by atoms with Crippen LogP contribution in [0.3, 0.4) is 0 Å². The highest BCUT2D eigenvalue weighted by atomic mass is 16.6. The van der Waals surface area contributed by atoms with Crippen molar-refractivity contribution in [3.63, 3.8) is 0 Å². The van der Waals surface area contributed by atoms with Crippen molar-refractivity contribution in [2.24, 2.45) is 5.92 Å². The van der Waals surface area contributed by atoms with Crippen molar-refractivity contribution < 1.29 is 23.9 Å². The van der Waals surface area contributed by atoms with E-state index in [9.17, 15) is 14.4 Å². The van der Waals surface area contributed by atoms with Crippen LogP contribution in [-0.2, 0) is 19.1 Å². The van der Waals surface area contributed by atoms with Gasteiger partial charge in [0.15, 0.2) is 5.82 Å². The van der Waals surface area contributed by atoms with Gasteiger partial charge >= 0.3 is 12.1 Å². The van der Waals surface area contributed by atoms with Gasteiger partial charge in [0.25, 0.3) is 0 Å². The lowest BCUT2D eigenvalue weighted by molar-refractivity contribution is -0.145. The summed E-state index contributed by atoms with van der Waals surface area (Å²) >= 11 is 0. The van der Waals surface area contributed by atoms with Gasteiger partial charge in [0, 0.05) is 43.7 Å². The van der Waals surface area contributed by atoms with Gasteiger partial charge in [-0.25, -0.2) is 4.79 Å². The zero-order chi connectivity index (χ0) is 20.5. The van der Waals surface area contributed by atoms with E-state index >= 15 is 0 Å². The van der Waals surface area contributed by atoms with E-state index in [1.54, 1.807) is 4.90 Å². The highest BCUT2D eigenvalue weighted by Gasteiger charge is 2.37. The van der Waals surface area contributed by atoms with Gasteiger partial charge in [0.05, 0.1) is 13.0 Å². The van der Waals surface area contributed by atoms with Crippen LogP contribution in [-0.4, -0.2) is 65.4 Å². The molecule has 0 saturated carbocycles. The van der Waals surface area contributed by atoms with E-state index in [2.05, 4.69) is 10.2 Å². The second-order valence-corrected chi connectivity index (χ2v) is 8.35. The van der Waals surface area contributed by atoms with Crippen molar-refractivity contribution in [2.45, 2.75) is 51.6 Å². The quantitative estimate of drug-likeness (QED) is 0.790. The Kier molecular flexibility index (Phi) is 5.62. The Morgan fingerprint density at radius 3 is 2.54 bits per heavy atom. The minimum absolute atomic E-state index is 0.131. The molecular weight excluding hydrogens is 364 g/mol. The second kappa shape index (κ2) is 7.81. The maximum Gasteiger partial charge on any atom is 0.410 e. The highest BCUT2D eigenvalue weighted by Crippen LogP contribution is 2.31. The minimum atomic E-state index is -0.503. The summed E-state index contributed by atoms with van der Waals surface area (Å²) in [6.07, 6.45) is 1.44. The number of hydrogen-bond donors (Lipinski definition) is 1. The first-order chi connectivity index (χ1) is 13.2. The number of carbonyl (C=O) groups excluding carboxylic acids is 3. The Morgan fingerprint density at radius 1 is 1.25 bits per heavy atom. The monoisotopic (exact) mass is 392 g/mol. The van der Waals surface area contributed by atoms with Gasteiger partial charge in [-0.3, -0.25) is 19.6 Å². The molecule has 1 aromatic heterocycles. The Labute approximate surface area is 164 Å². The standard InChI is InChI=1S/C19H28N4O5/c1-19(2,3)28-18(26)22-7-5-12(6-8-22)14-10-15(21-20-14)23-11-13(9-16(23)24)17(25)27-4/h10,12-13H,5-9,11H2,1-4H3,(H,20,21). The molecule has 2 fully saturated rings. The number of hydrogen-bond acceptors (Lipinski definition) is 6. The number of rotatable bonds is 3. The van der Waals surface area contributed by atoms with E-state index in [-0.39, 0.29) is 36.9 Å². The first-order valence-electron chi connectivity index (χ1n) is 9.59.